The molecule has 0 aliphatic rings. The molecule has 1 rings (SSSR count). The summed E-state index contributed by atoms with van der Waals surface area (Å²) in [5, 5.41) is 3.19. The molecule has 3 N–H and O–H groups in total. The lowest BCUT2D eigenvalue weighted by Gasteiger charge is -2.08. The van der Waals surface area contributed by atoms with E-state index < -0.39 is 0 Å². The molecule has 4 nitrogen and oxygen atoms in total. The Bertz CT molecular complexity index is 369. The zero-order chi connectivity index (χ0) is 12.0. The summed E-state index contributed by atoms with van der Waals surface area (Å²) in [4.78, 5) is 11.4. The van der Waals surface area contributed by atoms with Crippen LogP contribution in [0.2, 0.25) is 5.02 Å². The van der Waals surface area contributed by atoms with Gasteiger partial charge in [0.05, 0.1) is 11.4 Å². The molecule has 0 saturated heterocycles. The molecule has 0 spiro atoms. The van der Waals surface area contributed by atoms with E-state index in [4.69, 9.17) is 22.1 Å². The second-order valence-corrected chi connectivity index (χ2v) is 3.77. The minimum Gasteiger partial charge on any atom is -0.397 e. The van der Waals surface area contributed by atoms with Gasteiger partial charge in [-0.3, -0.25) is 4.79 Å². The lowest BCUT2D eigenvalue weighted by Crippen LogP contribution is -2.19. The van der Waals surface area contributed by atoms with Crippen molar-refractivity contribution < 1.29 is 9.53 Å². The Morgan fingerprint density at radius 3 is 2.94 bits per heavy atom. The zero-order valence-electron chi connectivity index (χ0n) is 9.13. The molecular formula is C11H15ClN2O2. The van der Waals surface area contributed by atoms with Gasteiger partial charge in [0.1, 0.15) is 6.61 Å². The van der Waals surface area contributed by atoms with Crippen molar-refractivity contribution in [3.05, 3.63) is 23.2 Å². The van der Waals surface area contributed by atoms with Gasteiger partial charge in [-0.15, -0.1) is 0 Å². The Balaban J connectivity index is 2.49. The van der Waals surface area contributed by atoms with Gasteiger partial charge in [0.25, 0.3) is 0 Å². The Kier molecular flexibility index (Phi) is 5.08. The Hall–Kier alpha value is -1.26. The van der Waals surface area contributed by atoms with Gasteiger partial charge in [-0.2, -0.15) is 0 Å². The first-order valence-corrected chi connectivity index (χ1v) is 5.44. The van der Waals surface area contributed by atoms with E-state index in [1.165, 1.54) is 0 Å². The number of benzene rings is 1. The highest BCUT2D eigenvalue weighted by Crippen LogP contribution is 2.22. The average Bonchev–Trinajstić information content (AvgIpc) is 2.23. The number of ether oxygens (including phenoxy) is 1. The van der Waals surface area contributed by atoms with E-state index in [1.54, 1.807) is 18.2 Å². The second-order valence-electron chi connectivity index (χ2n) is 3.33. The van der Waals surface area contributed by atoms with Crippen molar-refractivity contribution >= 4 is 28.9 Å². The fraction of sp³-hybridized carbons (Fsp3) is 0.364. The number of nitrogens with two attached hydrogens (primary N) is 1. The van der Waals surface area contributed by atoms with Crippen LogP contribution in [-0.4, -0.2) is 19.1 Å². The van der Waals surface area contributed by atoms with Crippen LogP contribution in [0.3, 0.4) is 0 Å². The molecule has 0 heterocycles. The van der Waals surface area contributed by atoms with E-state index in [0.717, 1.165) is 6.42 Å². The summed E-state index contributed by atoms with van der Waals surface area (Å²) in [5.74, 6) is -0.220. The number of hydrogen-bond donors (Lipinski definition) is 2. The van der Waals surface area contributed by atoms with Crippen molar-refractivity contribution in [2.24, 2.45) is 0 Å². The number of carbonyl (C=O) groups excluding carboxylic acids is 1. The summed E-state index contributed by atoms with van der Waals surface area (Å²) >= 11 is 5.74. The van der Waals surface area contributed by atoms with Crippen LogP contribution in [0.5, 0.6) is 0 Å². The van der Waals surface area contributed by atoms with Crippen LogP contribution in [0.1, 0.15) is 13.3 Å². The Morgan fingerprint density at radius 2 is 2.31 bits per heavy atom. The van der Waals surface area contributed by atoms with Crippen molar-refractivity contribution in [2.75, 3.05) is 24.3 Å². The number of halogens is 1. The Morgan fingerprint density at radius 1 is 1.56 bits per heavy atom. The van der Waals surface area contributed by atoms with E-state index in [1.807, 2.05) is 6.92 Å². The lowest BCUT2D eigenvalue weighted by atomic mass is 10.2. The average molecular weight is 243 g/mol. The van der Waals surface area contributed by atoms with E-state index in [9.17, 15) is 4.79 Å². The van der Waals surface area contributed by atoms with Gasteiger partial charge in [-0.05, 0) is 24.6 Å². The van der Waals surface area contributed by atoms with Crippen LogP contribution in [0.25, 0.3) is 0 Å². The zero-order valence-corrected chi connectivity index (χ0v) is 9.88. The predicted molar refractivity (Wildman–Crippen MR) is 65.6 cm³/mol. The maximum Gasteiger partial charge on any atom is 0.250 e. The molecule has 1 aromatic rings. The highest BCUT2D eigenvalue weighted by molar-refractivity contribution is 6.31. The molecule has 88 valence electrons. The summed E-state index contributed by atoms with van der Waals surface area (Å²) in [6, 6.07) is 4.92. The maximum atomic E-state index is 11.4. The largest absolute Gasteiger partial charge is 0.397 e. The SMILES string of the molecule is CCCOCC(=O)Nc1ccc(Cl)cc1N. The van der Waals surface area contributed by atoms with E-state index >= 15 is 0 Å². The normalized spacial score (nSPS) is 10.1. The minimum absolute atomic E-state index is 0.0376. The summed E-state index contributed by atoms with van der Waals surface area (Å²) in [6.07, 6.45) is 0.885. The van der Waals surface area contributed by atoms with Crippen molar-refractivity contribution in [2.45, 2.75) is 13.3 Å². The summed E-state index contributed by atoms with van der Waals surface area (Å²) in [7, 11) is 0. The molecule has 1 aromatic carbocycles. The molecule has 0 atom stereocenters. The molecule has 0 unspecified atom stereocenters. The lowest BCUT2D eigenvalue weighted by molar-refractivity contribution is -0.120. The number of nitrogens with one attached hydrogen (secondary N) is 1. The third kappa shape index (κ3) is 4.08. The van der Waals surface area contributed by atoms with Crippen LogP contribution in [-0.2, 0) is 9.53 Å². The molecule has 0 aromatic heterocycles. The molecular weight excluding hydrogens is 228 g/mol. The van der Waals surface area contributed by atoms with Crippen LogP contribution in [0, 0.1) is 0 Å². The third-order valence-electron chi connectivity index (χ3n) is 1.87. The van der Waals surface area contributed by atoms with E-state index in [0.29, 0.717) is 23.0 Å². The molecule has 0 aliphatic heterocycles. The topological polar surface area (TPSA) is 64.3 Å². The molecule has 0 bridgehead atoms. The van der Waals surface area contributed by atoms with E-state index in [2.05, 4.69) is 5.32 Å². The highest BCUT2D eigenvalue weighted by Gasteiger charge is 2.05. The van der Waals surface area contributed by atoms with Crippen LogP contribution in [0.4, 0.5) is 11.4 Å². The number of amides is 1. The van der Waals surface area contributed by atoms with Gasteiger partial charge in [0, 0.05) is 11.6 Å². The number of anilines is 2. The number of nitrogen functional groups attached to an aromatic ring is 1. The van der Waals surface area contributed by atoms with Gasteiger partial charge in [0.15, 0.2) is 0 Å². The van der Waals surface area contributed by atoms with Crippen LogP contribution in [0.15, 0.2) is 18.2 Å². The summed E-state index contributed by atoms with van der Waals surface area (Å²) in [5.41, 5.74) is 6.68. The summed E-state index contributed by atoms with van der Waals surface area (Å²) < 4.78 is 5.10. The molecule has 0 radical (unpaired) electrons. The predicted octanol–water partition coefficient (Wildman–Crippen LogP) is 2.29. The monoisotopic (exact) mass is 242 g/mol. The van der Waals surface area contributed by atoms with E-state index in [-0.39, 0.29) is 12.5 Å². The van der Waals surface area contributed by atoms with Crippen molar-refractivity contribution in [3.63, 3.8) is 0 Å². The van der Waals surface area contributed by atoms with Gasteiger partial charge < -0.3 is 15.8 Å². The molecule has 0 saturated carbocycles. The highest BCUT2D eigenvalue weighted by atomic mass is 35.5. The molecule has 0 fully saturated rings. The smallest absolute Gasteiger partial charge is 0.250 e. The number of hydrogen-bond acceptors (Lipinski definition) is 3. The van der Waals surface area contributed by atoms with Crippen LogP contribution < -0.4 is 11.1 Å². The molecule has 5 heteroatoms. The van der Waals surface area contributed by atoms with Crippen molar-refractivity contribution in [1.82, 2.24) is 0 Å². The van der Waals surface area contributed by atoms with Gasteiger partial charge in [-0.1, -0.05) is 18.5 Å². The first kappa shape index (κ1) is 12.8. The standard InChI is InChI=1S/C11H15ClN2O2/c1-2-5-16-7-11(15)14-10-4-3-8(12)6-9(10)13/h3-4,6H,2,5,7,13H2,1H3,(H,14,15). The van der Waals surface area contributed by atoms with Crippen molar-refractivity contribution in [3.8, 4) is 0 Å². The maximum absolute atomic E-state index is 11.4. The molecule has 16 heavy (non-hydrogen) atoms. The van der Waals surface area contributed by atoms with Gasteiger partial charge >= 0.3 is 0 Å². The second kappa shape index (κ2) is 6.35. The summed E-state index contributed by atoms with van der Waals surface area (Å²) in [6.45, 7) is 2.59. The quantitative estimate of drug-likeness (QED) is 0.615. The van der Waals surface area contributed by atoms with Gasteiger partial charge in [-0.25, -0.2) is 0 Å². The molecule has 0 aliphatic carbocycles. The Labute approximate surface area is 99.7 Å². The first-order chi connectivity index (χ1) is 7.63. The van der Waals surface area contributed by atoms with Gasteiger partial charge in [0.2, 0.25) is 5.91 Å². The van der Waals surface area contributed by atoms with Crippen LogP contribution >= 0.6 is 11.6 Å². The minimum atomic E-state index is -0.220. The number of rotatable bonds is 5. The third-order valence-corrected chi connectivity index (χ3v) is 2.10. The fourth-order valence-electron chi connectivity index (χ4n) is 1.14. The first-order valence-electron chi connectivity index (χ1n) is 5.06. The molecule has 1 amide bonds. The van der Waals surface area contributed by atoms with Crippen molar-refractivity contribution in [1.29, 1.82) is 0 Å². The fourth-order valence-corrected chi connectivity index (χ4v) is 1.32. The number of carbonyl (C=O) groups is 1.